The molecular formula is C34H49N3O6S. The van der Waals surface area contributed by atoms with E-state index < -0.39 is 53.2 Å². The van der Waals surface area contributed by atoms with Gasteiger partial charge in [0, 0.05) is 18.7 Å². The second kappa shape index (κ2) is 16.5. The summed E-state index contributed by atoms with van der Waals surface area (Å²) in [5.74, 6) is -1.63. The van der Waals surface area contributed by atoms with Crippen LogP contribution < -0.4 is 10.6 Å². The number of hydrogen-bond donors (Lipinski definition) is 3. The van der Waals surface area contributed by atoms with Crippen LogP contribution in [0.4, 0.5) is 4.79 Å². The monoisotopic (exact) mass is 627 g/mol. The van der Waals surface area contributed by atoms with E-state index in [2.05, 4.69) is 23.3 Å². The fourth-order valence-corrected chi connectivity index (χ4v) is 4.67. The number of aryl methyl sites for hydroxylation is 1. The molecule has 3 atom stereocenters. The fourth-order valence-electron chi connectivity index (χ4n) is 4.42. The summed E-state index contributed by atoms with van der Waals surface area (Å²) in [7, 11) is 0. The molecule has 3 unspecified atom stereocenters. The lowest BCUT2D eigenvalue weighted by Gasteiger charge is -2.35. The lowest BCUT2D eigenvalue weighted by Crippen LogP contribution is -2.55. The molecule has 2 aromatic carbocycles. The molecule has 0 saturated heterocycles. The summed E-state index contributed by atoms with van der Waals surface area (Å²) >= 11 is 4.35. The summed E-state index contributed by atoms with van der Waals surface area (Å²) in [6.45, 7) is 14.6. The van der Waals surface area contributed by atoms with Gasteiger partial charge in [-0.05, 0) is 66.0 Å². The molecular weight excluding hydrogens is 578 g/mol. The quantitative estimate of drug-likeness (QED) is 0.198. The first-order valence-electron chi connectivity index (χ1n) is 15.1. The molecule has 0 aliphatic heterocycles. The average molecular weight is 628 g/mol. The minimum absolute atomic E-state index is 0.0164. The maximum Gasteiger partial charge on any atom is 0.408 e. The standard InChI is InChI=1S/C34H49N3O6S/c1-9-10-20-37(30(39)27(22-44)36-32(41)43-34(6,7)8)28(25-18-16-23(2)17-19-25)29(38)35-26(31(40)42-33(3,4)5)21-24-14-12-11-13-15-24/h11-19,26-28,44H,9-10,20-22H2,1-8H3,(H,35,38)(H,36,41). The lowest BCUT2D eigenvalue weighted by molar-refractivity contribution is -0.159. The van der Waals surface area contributed by atoms with E-state index in [4.69, 9.17) is 9.47 Å². The van der Waals surface area contributed by atoms with Gasteiger partial charge in [-0.25, -0.2) is 9.59 Å². The summed E-state index contributed by atoms with van der Waals surface area (Å²) in [6, 6.07) is 13.5. The summed E-state index contributed by atoms with van der Waals surface area (Å²) in [5, 5.41) is 5.52. The fraction of sp³-hybridized carbons (Fsp3) is 0.529. The predicted molar refractivity (Wildman–Crippen MR) is 175 cm³/mol. The molecule has 2 aromatic rings. The number of carbonyl (C=O) groups is 4. The molecule has 2 N–H and O–H groups in total. The molecule has 3 amide bonds. The summed E-state index contributed by atoms with van der Waals surface area (Å²) < 4.78 is 11.1. The third-order valence-electron chi connectivity index (χ3n) is 6.45. The zero-order valence-electron chi connectivity index (χ0n) is 27.3. The number of benzene rings is 2. The first-order chi connectivity index (χ1) is 20.5. The van der Waals surface area contributed by atoms with Crippen LogP contribution in [0.2, 0.25) is 0 Å². The molecule has 9 nitrogen and oxygen atoms in total. The van der Waals surface area contributed by atoms with Gasteiger partial charge in [0.1, 0.15) is 29.3 Å². The van der Waals surface area contributed by atoms with E-state index in [1.54, 1.807) is 53.7 Å². The summed E-state index contributed by atoms with van der Waals surface area (Å²) in [4.78, 5) is 55.8. The van der Waals surface area contributed by atoms with Crippen LogP contribution in [0, 0.1) is 6.92 Å². The molecule has 0 saturated carbocycles. The van der Waals surface area contributed by atoms with Crippen LogP contribution in [0.15, 0.2) is 54.6 Å². The van der Waals surface area contributed by atoms with Crippen molar-refractivity contribution in [1.82, 2.24) is 15.5 Å². The molecule has 0 radical (unpaired) electrons. The highest BCUT2D eigenvalue weighted by atomic mass is 32.1. The van der Waals surface area contributed by atoms with Gasteiger partial charge in [0.2, 0.25) is 11.8 Å². The molecule has 0 aromatic heterocycles. The Hall–Kier alpha value is -3.53. The van der Waals surface area contributed by atoms with E-state index in [1.807, 2.05) is 56.3 Å². The van der Waals surface area contributed by atoms with Gasteiger partial charge in [-0.1, -0.05) is 73.5 Å². The highest BCUT2D eigenvalue weighted by Crippen LogP contribution is 2.25. The minimum atomic E-state index is -1.10. The normalized spacial score (nSPS) is 13.7. The van der Waals surface area contributed by atoms with Gasteiger partial charge in [-0.2, -0.15) is 12.6 Å². The SMILES string of the molecule is CCCCN(C(=O)C(CS)NC(=O)OC(C)(C)C)C(C(=O)NC(Cc1ccccc1)C(=O)OC(C)(C)C)c1ccc(C)cc1. The number of ether oxygens (including phenoxy) is 2. The predicted octanol–water partition coefficient (Wildman–Crippen LogP) is 5.56. The number of amides is 3. The van der Waals surface area contributed by atoms with Gasteiger partial charge in [-0.15, -0.1) is 0 Å². The van der Waals surface area contributed by atoms with Crippen molar-refractivity contribution in [3.05, 3.63) is 71.3 Å². The van der Waals surface area contributed by atoms with Crippen molar-refractivity contribution < 1.29 is 28.7 Å². The largest absolute Gasteiger partial charge is 0.458 e. The highest BCUT2D eigenvalue weighted by molar-refractivity contribution is 7.80. The zero-order valence-corrected chi connectivity index (χ0v) is 28.2. The second-order valence-electron chi connectivity index (χ2n) is 12.9. The Morgan fingerprint density at radius 1 is 0.841 bits per heavy atom. The van der Waals surface area contributed by atoms with Crippen LogP contribution in [-0.2, 0) is 30.3 Å². The van der Waals surface area contributed by atoms with Crippen molar-refractivity contribution in [2.75, 3.05) is 12.3 Å². The molecule has 44 heavy (non-hydrogen) atoms. The topological polar surface area (TPSA) is 114 Å². The molecule has 10 heteroatoms. The summed E-state index contributed by atoms with van der Waals surface area (Å²) in [5.41, 5.74) is 0.843. The smallest absolute Gasteiger partial charge is 0.408 e. The Balaban J connectivity index is 2.54. The highest BCUT2D eigenvalue weighted by Gasteiger charge is 2.37. The van der Waals surface area contributed by atoms with Crippen molar-refractivity contribution in [2.45, 2.75) is 104 Å². The number of nitrogens with one attached hydrogen (secondary N) is 2. The van der Waals surface area contributed by atoms with Crippen LogP contribution >= 0.6 is 12.6 Å². The average Bonchev–Trinajstić information content (AvgIpc) is 2.92. The van der Waals surface area contributed by atoms with E-state index in [0.29, 0.717) is 12.0 Å². The maximum absolute atomic E-state index is 14.3. The maximum atomic E-state index is 14.3. The van der Waals surface area contributed by atoms with E-state index in [1.165, 1.54) is 4.90 Å². The molecule has 0 spiro atoms. The number of unbranched alkanes of at least 4 members (excludes halogenated alkanes) is 1. The number of alkyl carbamates (subject to hydrolysis) is 1. The minimum Gasteiger partial charge on any atom is -0.458 e. The first kappa shape index (κ1) is 36.7. The molecule has 0 aliphatic carbocycles. The second-order valence-corrected chi connectivity index (χ2v) is 13.2. The van der Waals surface area contributed by atoms with Crippen molar-refractivity contribution in [2.24, 2.45) is 0 Å². The first-order valence-corrected chi connectivity index (χ1v) is 15.7. The van der Waals surface area contributed by atoms with Gasteiger partial charge >= 0.3 is 12.1 Å². The van der Waals surface area contributed by atoms with Crippen molar-refractivity contribution in [1.29, 1.82) is 0 Å². The Morgan fingerprint density at radius 3 is 1.95 bits per heavy atom. The van der Waals surface area contributed by atoms with Gasteiger partial charge in [0.15, 0.2) is 0 Å². The van der Waals surface area contributed by atoms with Gasteiger partial charge in [-0.3, -0.25) is 9.59 Å². The molecule has 0 fully saturated rings. The molecule has 2 rings (SSSR count). The van der Waals surface area contributed by atoms with E-state index in [0.717, 1.165) is 17.5 Å². The van der Waals surface area contributed by atoms with Gasteiger partial charge < -0.3 is 25.0 Å². The number of esters is 1. The number of thiol groups is 1. The van der Waals surface area contributed by atoms with Gasteiger partial charge in [0.25, 0.3) is 0 Å². The zero-order chi connectivity index (χ0) is 33.1. The Bertz CT molecular complexity index is 1240. The number of carbonyl (C=O) groups excluding carboxylic acids is 4. The van der Waals surface area contributed by atoms with E-state index in [-0.39, 0.29) is 18.7 Å². The Kier molecular flexibility index (Phi) is 13.8. The van der Waals surface area contributed by atoms with E-state index >= 15 is 0 Å². The van der Waals surface area contributed by atoms with Crippen molar-refractivity contribution in [3.63, 3.8) is 0 Å². The van der Waals surface area contributed by atoms with Crippen LogP contribution in [0.5, 0.6) is 0 Å². The van der Waals surface area contributed by atoms with Crippen LogP contribution in [0.25, 0.3) is 0 Å². The number of rotatable bonds is 13. The summed E-state index contributed by atoms with van der Waals surface area (Å²) in [6.07, 6.45) is 0.799. The number of nitrogens with zero attached hydrogens (tertiary/aromatic N) is 1. The Morgan fingerprint density at radius 2 is 1.43 bits per heavy atom. The third-order valence-corrected chi connectivity index (χ3v) is 6.82. The molecule has 242 valence electrons. The van der Waals surface area contributed by atoms with Crippen LogP contribution in [0.3, 0.4) is 0 Å². The van der Waals surface area contributed by atoms with Crippen LogP contribution in [-0.4, -0.2) is 64.4 Å². The lowest BCUT2D eigenvalue weighted by atomic mass is 9.99. The molecule has 0 heterocycles. The molecule has 0 bridgehead atoms. The van der Waals surface area contributed by atoms with Crippen molar-refractivity contribution >= 4 is 36.5 Å². The molecule has 0 aliphatic rings. The third kappa shape index (κ3) is 12.2. The van der Waals surface area contributed by atoms with Crippen LogP contribution in [0.1, 0.15) is 84.0 Å². The number of hydrogen-bond acceptors (Lipinski definition) is 7. The van der Waals surface area contributed by atoms with Crippen molar-refractivity contribution in [3.8, 4) is 0 Å². The Labute approximate surface area is 267 Å². The van der Waals surface area contributed by atoms with E-state index in [9.17, 15) is 19.2 Å². The van der Waals surface area contributed by atoms with Gasteiger partial charge in [0.05, 0.1) is 0 Å².